The molecule has 2 aromatic rings. The second-order valence-electron chi connectivity index (χ2n) is 5.64. The van der Waals surface area contributed by atoms with E-state index in [1.54, 1.807) is 6.07 Å². The molecule has 0 spiro atoms. The zero-order chi connectivity index (χ0) is 14.9. The van der Waals surface area contributed by atoms with Crippen molar-refractivity contribution < 1.29 is 8.91 Å². The van der Waals surface area contributed by atoms with E-state index < -0.39 is 0 Å². The lowest BCUT2D eigenvalue weighted by molar-refractivity contribution is 0.206. The SMILES string of the molecule is CC1(c2nc(Cc3ccc(F)cc3Cl)no2)CCCCN1. The Labute approximate surface area is 127 Å². The zero-order valence-corrected chi connectivity index (χ0v) is 12.6. The maximum atomic E-state index is 13.0. The van der Waals surface area contributed by atoms with E-state index in [9.17, 15) is 4.39 Å². The molecule has 4 nitrogen and oxygen atoms in total. The van der Waals surface area contributed by atoms with Crippen molar-refractivity contribution >= 4 is 11.6 Å². The van der Waals surface area contributed by atoms with Gasteiger partial charge in [-0.3, -0.25) is 0 Å². The van der Waals surface area contributed by atoms with Crippen LogP contribution in [0.2, 0.25) is 5.02 Å². The summed E-state index contributed by atoms with van der Waals surface area (Å²) >= 11 is 6.02. The van der Waals surface area contributed by atoms with Crippen molar-refractivity contribution in [2.75, 3.05) is 6.54 Å². The van der Waals surface area contributed by atoms with Crippen LogP contribution in [-0.4, -0.2) is 16.7 Å². The van der Waals surface area contributed by atoms with E-state index >= 15 is 0 Å². The number of hydrogen-bond donors (Lipinski definition) is 1. The fourth-order valence-corrected chi connectivity index (χ4v) is 2.86. The molecular formula is C15H17ClFN3O. The van der Waals surface area contributed by atoms with Crippen LogP contribution < -0.4 is 5.32 Å². The highest BCUT2D eigenvalue weighted by Gasteiger charge is 2.34. The van der Waals surface area contributed by atoms with Gasteiger partial charge in [-0.1, -0.05) is 22.8 Å². The number of hydrogen-bond acceptors (Lipinski definition) is 4. The Balaban J connectivity index is 1.78. The van der Waals surface area contributed by atoms with Crippen LogP contribution in [0.25, 0.3) is 0 Å². The first-order valence-electron chi connectivity index (χ1n) is 7.09. The van der Waals surface area contributed by atoms with Crippen LogP contribution >= 0.6 is 11.6 Å². The smallest absolute Gasteiger partial charge is 0.246 e. The highest BCUT2D eigenvalue weighted by atomic mass is 35.5. The van der Waals surface area contributed by atoms with E-state index in [4.69, 9.17) is 16.1 Å². The molecule has 1 N–H and O–H groups in total. The third-order valence-electron chi connectivity index (χ3n) is 3.92. The quantitative estimate of drug-likeness (QED) is 0.943. The molecule has 1 aliphatic rings. The number of rotatable bonds is 3. The zero-order valence-electron chi connectivity index (χ0n) is 11.8. The molecule has 1 aromatic carbocycles. The number of nitrogens with zero attached hydrogens (tertiary/aromatic N) is 2. The lowest BCUT2D eigenvalue weighted by Gasteiger charge is -2.31. The number of aromatic nitrogens is 2. The molecule has 0 radical (unpaired) electrons. The molecular weight excluding hydrogens is 293 g/mol. The van der Waals surface area contributed by atoms with Gasteiger partial charge in [0.25, 0.3) is 0 Å². The molecule has 3 rings (SSSR count). The summed E-state index contributed by atoms with van der Waals surface area (Å²) in [6.07, 6.45) is 3.72. The first-order valence-corrected chi connectivity index (χ1v) is 7.47. The first kappa shape index (κ1) is 14.5. The molecule has 0 saturated carbocycles. The minimum atomic E-state index is -0.350. The second-order valence-corrected chi connectivity index (χ2v) is 6.05. The van der Waals surface area contributed by atoms with Gasteiger partial charge in [0.2, 0.25) is 5.89 Å². The Hall–Kier alpha value is -1.46. The van der Waals surface area contributed by atoms with E-state index in [1.165, 1.54) is 18.6 Å². The lowest BCUT2D eigenvalue weighted by atomic mass is 9.91. The predicted octanol–water partition coefficient (Wildman–Crippen LogP) is 3.44. The van der Waals surface area contributed by atoms with Crippen LogP contribution in [0.5, 0.6) is 0 Å². The maximum Gasteiger partial charge on any atom is 0.246 e. The van der Waals surface area contributed by atoms with Gasteiger partial charge in [0.05, 0.1) is 5.54 Å². The molecule has 1 saturated heterocycles. The monoisotopic (exact) mass is 309 g/mol. The van der Waals surface area contributed by atoms with Gasteiger partial charge in [0, 0.05) is 11.4 Å². The molecule has 0 amide bonds. The largest absolute Gasteiger partial charge is 0.337 e. The molecule has 0 bridgehead atoms. The highest BCUT2D eigenvalue weighted by molar-refractivity contribution is 6.31. The Kier molecular flexibility index (Phi) is 3.95. The summed E-state index contributed by atoms with van der Waals surface area (Å²) in [5, 5.41) is 7.83. The van der Waals surface area contributed by atoms with Crippen molar-refractivity contribution in [2.45, 2.75) is 38.1 Å². The van der Waals surface area contributed by atoms with Crippen LogP contribution in [-0.2, 0) is 12.0 Å². The van der Waals surface area contributed by atoms with Crippen molar-refractivity contribution in [3.8, 4) is 0 Å². The molecule has 1 fully saturated rings. The van der Waals surface area contributed by atoms with Gasteiger partial charge in [0.1, 0.15) is 5.82 Å². The molecule has 112 valence electrons. The number of nitrogens with one attached hydrogen (secondary N) is 1. The fourth-order valence-electron chi connectivity index (χ4n) is 2.62. The third-order valence-corrected chi connectivity index (χ3v) is 4.27. The molecule has 1 aromatic heterocycles. The average molecular weight is 310 g/mol. The van der Waals surface area contributed by atoms with Crippen molar-refractivity contribution in [1.29, 1.82) is 0 Å². The summed E-state index contributed by atoms with van der Waals surface area (Å²) < 4.78 is 18.4. The van der Waals surface area contributed by atoms with E-state index in [-0.39, 0.29) is 11.4 Å². The number of piperidine rings is 1. The van der Waals surface area contributed by atoms with Crippen molar-refractivity contribution in [3.63, 3.8) is 0 Å². The molecule has 6 heteroatoms. The second kappa shape index (κ2) is 5.73. The van der Waals surface area contributed by atoms with Crippen LogP contribution in [0.3, 0.4) is 0 Å². The lowest BCUT2D eigenvalue weighted by Crippen LogP contribution is -2.43. The fraction of sp³-hybridized carbons (Fsp3) is 0.467. The first-order chi connectivity index (χ1) is 10.1. The van der Waals surface area contributed by atoms with Gasteiger partial charge >= 0.3 is 0 Å². The van der Waals surface area contributed by atoms with Gasteiger partial charge < -0.3 is 9.84 Å². The summed E-state index contributed by atoms with van der Waals surface area (Å²) in [5.41, 5.74) is 0.531. The Morgan fingerprint density at radius 2 is 2.29 bits per heavy atom. The van der Waals surface area contributed by atoms with Crippen LogP contribution in [0, 0.1) is 5.82 Å². The summed E-state index contributed by atoms with van der Waals surface area (Å²) in [5.74, 6) is 0.819. The number of halogens is 2. The molecule has 21 heavy (non-hydrogen) atoms. The summed E-state index contributed by atoms with van der Waals surface area (Å²) in [6.45, 7) is 3.03. The van der Waals surface area contributed by atoms with Crippen LogP contribution in [0.4, 0.5) is 4.39 Å². The van der Waals surface area contributed by atoms with E-state index in [0.717, 1.165) is 24.9 Å². The van der Waals surface area contributed by atoms with Gasteiger partial charge in [0.15, 0.2) is 5.82 Å². The van der Waals surface area contributed by atoms with Gasteiger partial charge in [-0.05, 0) is 50.4 Å². The van der Waals surface area contributed by atoms with Gasteiger partial charge in [-0.2, -0.15) is 4.98 Å². The van der Waals surface area contributed by atoms with Crippen molar-refractivity contribution in [3.05, 3.63) is 46.3 Å². The maximum absolute atomic E-state index is 13.0. The Bertz CT molecular complexity index is 638. The molecule has 1 unspecified atom stereocenters. The van der Waals surface area contributed by atoms with E-state index in [1.807, 2.05) is 0 Å². The Morgan fingerprint density at radius 3 is 3.00 bits per heavy atom. The third kappa shape index (κ3) is 3.09. The molecule has 0 aliphatic carbocycles. The van der Waals surface area contributed by atoms with Gasteiger partial charge in [-0.25, -0.2) is 4.39 Å². The molecule has 2 heterocycles. The van der Waals surface area contributed by atoms with Crippen LogP contribution in [0.1, 0.15) is 43.5 Å². The predicted molar refractivity (Wildman–Crippen MR) is 77.7 cm³/mol. The average Bonchev–Trinajstić information content (AvgIpc) is 2.92. The van der Waals surface area contributed by atoms with Crippen LogP contribution in [0.15, 0.2) is 22.7 Å². The minimum absolute atomic E-state index is 0.254. The minimum Gasteiger partial charge on any atom is -0.337 e. The van der Waals surface area contributed by atoms with E-state index in [2.05, 4.69) is 22.4 Å². The van der Waals surface area contributed by atoms with Crippen molar-refractivity contribution in [1.82, 2.24) is 15.5 Å². The summed E-state index contributed by atoms with van der Waals surface area (Å²) in [6, 6.07) is 4.32. The topological polar surface area (TPSA) is 51.0 Å². The molecule has 1 aliphatic heterocycles. The summed E-state index contributed by atoms with van der Waals surface area (Å²) in [7, 11) is 0. The summed E-state index contributed by atoms with van der Waals surface area (Å²) in [4.78, 5) is 4.47. The van der Waals surface area contributed by atoms with E-state index in [0.29, 0.717) is 23.2 Å². The standard InChI is InChI=1S/C15H17ClFN3O/c1-15(6-2-3-7-18-15)14-19-13(20-21-14)8-10-4-5-11(17)9-12(10)16/h4-5,9,18H,2-3,6-8H2,1H3. The highest BCUT2D eigenvalue weighted by Crippen LogP contribution is 2.29. The van der Waals surface area contributed by atoms with Gasteiger partial charge in [-0.15, -0.1) is 0 Å². The van der Waals surface area contributed by atoms with Crippen molar-refractivity contribution in [2.24, 2.45) is 0 Å². The molecule has 1 atom stereocenters. The normalized spacial score (nSPS) is 22.4. The number of benzene rings is 1. The Morgan fingerprint density at radius 1 is 1.43 bits per heavy atom.